The highest BCUT2D eigenvalue weighted by Crippen LogP contribution is 2.36. The van der Waals surface area contributed by atoms with Crippen LogP contribution < -0.4 is 0 Å². The number of halogens is 6. The van der Waals surface area contributed by atoms with Gasteiger partial charge in [0.25, 0.3) is 6.43 Å². The largest absolute Gasteiger partial charge is 0.418 e. The first-order valence-corrected chi connectivity index (χ1v) is 4.16. The fourth-order valence-electron chi connectivity index (χ4n) is 0.996. The van der Waals surface area contributed by atoms with Gasteiger partial charge in [-0.1, -0.05) is 11.6 Å². The second-order valence-electron chi connectivity index (χ2n) is 2.72. The molecule has 8 heteroatoms. The van der Waals surface area contributed by atoms with E-state index in [1.165, 1.54) is 0 Å². The van der Waals surface area contributed by atoms with Gasteiger partial charge in [-0.05, 0) is 6.07 Å². The number of aldehydes is 1. The van der Waals surface area contributed by atoms with Gasteiger partial charge in [-0.3, -0.25) is 4.79 Å². The van der Waals surface area contributed by atoms with E-state index in [-0.39, 0.29) is 12.4 Å². The van der Waals surface area contributed by atoms with Crippen molar-refractivity contribution in [2.24, 2.45) is 0 Å². The summed E-state index contributed by atoms with van der Waals surface area (Å²) >= 11 is 5.25. The summed E-state index contributed by atoms with van der Waals surface area (Å²) in [4.78, 5) is 13.2. The van der Waals surface area contributed by atoms with Crippen LogP contribution in [0.4, 0.5) is 22.0 Å². The van der Waals surface area contributed by atoms with Crippen molar-refractivity contribution in [1.82, 2.24) is 4.98 Å². The van der Waals surface area contributed by atoms with Gasteiger partial charge in [-0.15, -0.1) is 0 Å². The average Bonchev–Trinajstić information content (AvgIpc) is 2.15. The van der Waals surface area contributed by atoms with Crippen LogP contribution in [-0.2, 0) is 6.18 Å². The van der Waals surface area contributed by atoms with Gasteiger partial charge in [-0.25, -0.2) is 13.8 Å². The van der Waals surface area contributed by atoms with E-state index in [1.54, 1.807) is 0 Å². The molecule has 0 saturated heterocycles. The number of carbonyl (C=O) groups is 1. The monoisotopic (exact) mass is 259 g/mol. The lowest BCUT2D eigenvalue weighted by Gasteiger charge is -2.12. The molecule has 1 aromatic rings. The Bertz CT molecular complexity index is 418. The van der Waals surface area contributed by atoms with E-state index in [9.17, 15) is 26.7 Å². The van der Waals surface area contributed by atoms with E-state index in [2.05, 4.69) is 4.98 Å². The van der Waals surface area contributed by atoms with Gasteiger partial charge in [0.2, 0.25) is 0 Å². The molecule has 88 valence electrons. The van der Waals surface area contributed by atoms with E-state index in [0.29, 0.717) is 0 Å². The molecule has 0 atom stereocenters. The van der Waals surface area contributed by atoms with Crippen molar-refractivity contribution in [3.05, 3.63) is 28.0 Å². The van der Waals surface area contributed by atoms with Crippen molar-refractivity contribution in [2.45, 2.75) is 12.6 Å². The summed E-state index contributed by atoms with van der Waals surface area (Å²) in [5, 5.41) is -0.682. The van der Waals surface area contributed by atoms with E-state index in [0.717, 1.165) is 0 Å². The number of aromatic nitrogens is 1. The van der Waals surface area contributed by atoms with Gasteiger partial charge in [-0.2, -0.15) is 13.2 Å². The molecule has 0 saturated carbocycles. The van der Waals surface area contributed by atoms with Crippen LogP contribution >= 0.6 is 11.6 Å². The zero-order valence-corrected chi connectivity index (χ0v) is 8.11. The summed E-state index contributed by atoms with van der Waals surface area (Å²) in [6, 6.07) is 0.254. The Balaban J connectivity index is 3.49. The van der Waals surface area contributed by atoms with E-state index in [1.807, 2.05) is 0 Å². The SMILES string of the molecule is O=Cc1cc(C(F)(F)F)c(C(F)F)nc1Cl. The summed E-state index contributed by atoms with van der Waals surface area (Å²) in [5.74, 6) is 0. The molecule has 0 amide bonds. The molecule has 0 bridgehead atoms. The van der Waals surface area contributed by atoms with E-state index in [4.69, 9.17) is 11.6 Å². The summed E-state index contributed by atoms with van der Waals surface area (Å²) in [6.45, 7) is 0. The average molecular weight is 260 g/mol. The summed E-state index contributed by atoms with van der Waals surface area (Å²) in [6.07, 6.45) is -8.42. The Labute approximate surface area is 91.0 Å². The third-order valence-corrected chi connectivity index (χ3v) is 1.97. The fraction of sp³-hybridized carbons (Fsp3) is 0.250. The lowest BCUT2D eigenvalue weighted by Crippen LogP contribution is -2.12. The standard InChI is InChI=1S/C8H3ClF5NO/c9-6-3(2-16)1-4(8(12,13)14)5(15-6)7(10)11/h1-2,7H. The predicted octanol–water partition coefficient (Wildman–Crippen LogP) is 3.50. The van der Waals surface area contributed by atoms with Crippen molar-refractivity contribution >= 4 is 17.9 Å². The highest BCUT2D eigenvalue weighted by atomic mass is 35.5. The van der Waals surface area contributed by atoms with E-state index < -0.39 is 34.6 Å². The Morgan fingerprint density at radius 3 is 2.31 bits per heavy atom. The molecule has 0 aliphatic carbocycles. The molecular weight excluding hydrogens is 257 g/mol. The molecule has 0 aliphatic rings. The molecule has 0 aromatic carbocycles. The number of hydrogen-bond acceptors (Lipinski definition) is 2. The van der Waals surface area contributed by atoms with Crippen LogP contribution in [0.5, 0.6) is 0 Å². The fourth-order valence-corrected chi connectivity index (χ4v) is 1.19. The summed E-state index contributed by atoms with van der Waals surface area (Å²) in [7, 11) is 0. The molecule has 16 heavy (non-hydrogen) atoms. The molecule has 1 aromatic heterocycles. The molecule has 0 spiro atoms. The minimum Gasteiger partial charge on any atom is -0.298 e. The smallest absolute Gasteiger partial charge is 0.298 e. The number of nitrogens with zero attached hydrogens (tertiary/aromatic N) is 1. The van der Waals surface area contributed by atoms with Crippen LogP contribution in [0.1, 0.15) is 28.0 Å². The third-order valence-electron chi connectivity index (χ3n) is 1.67. The normalized spacial score (nSPS) is 11.9. The molecule has 0 N–H and O–H groups in total. The molecular formula is C8H3ClF5NO. The molecule has 0 unspecified atom stereocenters. The minimum atomic E-state index is -5.01. The van der Waals surface area contributed by atoms with Crippen LogP contribution in [0.3, 0.4) is 0 Å². The number of pyridine rings is 1. The molecule has 1 heterocycles. The summed E-state index contributed by atoms with van der Waals surface area (Å²) < 4.78 is 61.5. The van der Waals surface area contributed by atoms with E-state index >= 15 is 0 Å². The number of rotatable bonds is 2. The molecule has 0 radical (unpaired) electrons. The van der Waals surface area contributed by atoms with Crippen molar-refractivity contribution in [3.8, 4) is 0 Å². The van der Waals surface area contributed by atoms with Crippen LogP contribution in [0.25, 0.3) is 0 Å². The Morgan fingerprint density at radius 1 is 1.38 bits per heavy atom. The van der Waals surface area contributed by atoms with Gasteiger partial charge >= 0.3 is 6.18 Å². The Hall–Kier alpha value is -1.24. The van der Waals surface area contributed by atoms with Crippen molar-refractivity contribution in [1.29, 1.82) is 0 Å². The van der Waals surface area contributed by atoms with Gasteiger partial charge < -0.3 is 0 Å². The predicted molar refractivity (Wildman–Crippen MR) is 44.6 cm³/mol. The lowest BCUT2D eigenvalue weighted by atomic mass is 10.1. The van der Waals surface area contributed by atoms with Crippen LogP contribution in [-0.4, -0.2) is 11.3 Å². The van der Waals surface area contributed by atoms with Crippen molar-refractivity contribution in [2.75, 3.05) is 0 Å². The van der Waals surface area contributed by atoms with Gasteiger partial charge in [0.05, 0.1) is 11.1 Å². The molecule has 0 fully saturated rings. The second-order valence-corrected chi connectivity index (χ2v) is 3.08. The maximum absolute atomic E-state index is 12.3. The minimum absolute atomic E-state index is 0.0137. The highest BCUT2D eigenvalue weighted by Gasteiger charge is 2.37. The summed E-state index contributed by atoms with van der Waals surface area (Å²) in [5.41, 5.74) is -3.73. The van der Waals surface area contributed by atoms with Crippen LogP contribution in [0.15, 0.2) is 6.07 Å². The van der Waals surface area contributed by atoms with Crippen molar-refractivity contribution < 1.29 is 26.7 Å². The highest BCUT2D eigenvalue weighted by molar-refractivity contribution is 6.31. The van der Waals surface area contributed by atoms with Crippen LogP contribution in [0, 0.1) is 0 Å². The lowest BCUT2D eigenvalue weighted by molar-refractivity contribution is -0.139. The number of alkyl halides is 5. The van der Waals surface area contributed by atoms with Gasteiger partial charge in [0.1, 0.15) is 10.8 Å². The zero-order valence-electron chi connectivity index (χ0n) is 7.36. The maximum atomic E-state index is 12.3. The zero-order chi connectivity index (χ0) is 12.5. The first-order chi connectivity index (χ1) is 7.27. The number of hydrogen-bond donors (Lipinski definition) is 0. The Morgan fingerprint density at radius 2 is 1.94 bits per heavy atom. The molecule has 0 aliphatic heterocycles. The van der Waals surface area contributed by atoms with Crippen LogP contribution in [0.2, 0.25) is 5.15 Å². The molecule has 2 nitrogen and oxygen atoms in total. The maximum Gasteiger partial charge on any atom is 0.418 e. The molecule has 1 rings (SSSR count). The quantitative estimate of drug-likeness (QED) is 0.462. The van der Waals surface area contributed by atoms with Crippen molar-refractivity contribution in [3.63, 3.8) is 0 Å². The van der Waals surface area contributed by atoms with Gasteiger partial charge in [0, 0.05) is 0 Å². The number of carbonyl (C=O) groups excluding carboxylic acids is 1. The van der Waals surface area contributed by atoms with Gasteiger partial charge in [0.15, 0.2) is 6.29 Å². The topological polar surface area (TPSA) is 30.0 Å². The Kier molecular flexibility index (Phi) is 3.47. The second kappa shape index (κ2) is 4.32. The first-order valence-electron chi connectivity index (χ1n) is 3.78. The third kappa shape index (κ3) is 2.46. The first kappa shape index (κ1) is 12.8.